The molecule has 9 nitrogen and oxygen atoms in total. The minimum Gasteiger partial charge on any atom is -0.456 e. The van der Waals surface area contributed by atoms with E-state index >= 15 is 0 Å². The minimum atomic E-state index is -4.47. The number of esters is 1. The molecule has 81 heavy (non-hydrogen) atoms. The molecule has 3 unspecified atom stereocenters. The van der Waals surface area contributed by atoms with Crippen molar-refractivity contribution in [3.63, 3.8) is 0 Å². The number of phosphoric ester groups is 1. The van der Waals surface area contributed by atoms with Gasteiger partial charge in [-0.05, 0) is 122 Å². The molecule has 0 aliphatic rings. The van der Waals surface area contributed by atoms with Crippen molar-refractivity contribution >= 4 is 19.7 Å². The quantitative estimate of drug-likeness (QED) is 0.0205. The van der Waals surface area contributed by atoms with Crippen LogP contribution in [0, 0.1) is 0 Å². The molecule has 0 aliphatic heterocycles. The van der Waals surface area contributed by atoms with Crippen LogP contribution in [0.1, 0.15) is 265 Å². The van der Waals surface area contributed by atoms with E-state index in [0.29, 0.717) is 23.9 Å². The number of nitrogens with zero attached hydrogens (tertiary/aromatic N) is 1. The normalized spacial score (nSPS) is 14.4. The van der Waals surface area contributed by atoms with Crippen molar-refractivity contribution in [2.75, 3.05) is 40.9 Å². The summed E-state index contributed by atoms with van der Waals surface area (Å²) in [6.45, 7) is 6.84. The molecule has 0 heterocycles. The Labute approximate surface area is 499 Å². The summed E-state index contributed by atoms with van der Waals surface area (Å²) in [6, 6.07) is -0.877. The zero-order valence-corrected chi connectivity index (χ0v) is 53.9. The summed E-state index contributed by atoms with van der Waals surface area (Å²) in [7, 11) is 1.45. The third-order valence-corrected chi connectivity index (χ3v) is 14.9. The molecule has 0 spiro atoms. The maximum absolute atomic E-state index is 13.6. The van der Waals surface area contributed by atoms with Crippen molar-refractivity contribution in [2.45, 2.75) is 277 Å². The van der Waals surface area contributed by atoms with Gasteiger partial charge in [0, 0.05) is 12.8 Å². The lowest BCUT2D eigenvalue weighted by Gasteiger charge is -2.27. The molecule has 0 aromatic heterocycles. The Hall–Kier alpha value is -3.59. The first-order valence-corrected chi connectivity index (χ1v) is 34.4. The summed E-state index contributed by atoms with van der Waals surface area (Å²) < 4.78 is 30.7. The number of hydrogen-bond donors (Lipinski definition) is 2. The fourth-order valence-electron chi connectivity index (χ4n) is 8.83. The SMILES string of the molecule is CC/C=C\C/C=C\C/C=C\C/C=C\C/C=C\CCCCCC(=O)OC(/C=C\CCCCCCCCCCCCC)C(COP(=O)(O)OCC[N+](C)(C)C)NC(=O)CCCCCCCCC/C=C\C/C=C\C/C=C\C/C=C\CCCCC. The first kappa shape index (κ1) is 77.4. The highest BCUT2D eigenvalue weighted by Crippen LogP contribution is 2.43. The number of allylic oxidation sites excluding steroid dienone is 19. The first-order valence-electron chi connectivity index (χ1n) is 32.9. The molecule has 0 radical (unpaired) electrons. The maximum Gasteiger partial charge on any atom is 0.472 e. The van der Waals surface area contributed by atoms with E-state index in [1.807, 2.05) is 33.3 Å². The Balaban J connectivity index is 5.31. The predicted molar refractivity (Wildman–Crippen MR) is 350 cm³/mol. The van der Waals surface area contributed by atoms with Crippen LogP contribution in [0.2, 0.25) is 0 Å². The van der Waals surface area contributed by atoms with Gasteiger partial charge in [-0.2, -0.15) is 0 Å². The zero-order valence-electron chi connectivity index (χ0n) is 53.0. The summed E-state index contributed by atoms with van der Waals surface area (Å²) in [4.78, 5) is 37.8. The molecule has 0 rings (SSSR count). The lowest BCUT2D eigenvalue weighted by Crippen LogP contribution is -2.47. The lowest BCUT2D eigenvalue weighted by atomic mass is 10.0. The van der Waals surface area contributed by atoms with Crippen LogP contribution in [0.3, 0.4) is 0 Å². The van der Waals surface area contributed by atoms with Gasteiger partial charge in [0.25, 0.3) is 0 Å². The van der Waals surface area contributed by atoms with Crippen LogP contribution in [0.25, 0.3) is 0 Å². The van der Waals surface area contributed by atoms with Gasteiger partial charge >= 0.3 is 13.8 Å². The van der Waals surface area contributed by atoms with Gasteiger partial charge in [-0.3, -0.25) is 18.6 Å². The van der Waals surface area contributed by atoms with Gasteiger partial charge in [0.15, 0.2) is 0 Å². The van der Waals surface area contributed by atoms with E-state index in [1.54, 1.807) is 0 Å². The lowest BCUT2D eigenvalue weighted by molar-refractivity contribution is -0.870. The molecular formula is C71H124N2O7P+. The number of nitrogens with one attached hydrogen (secondary N) is 1. The third kappa shape index (κ3) is 60.8. The van der Waals surface area contributed by atoms with E-state index in [4.69, 9.17) is 13.8 Å². The van der Waals surface area contributed by atoms with Crippen LogP contribution in [0.4, 0.5) is 0 Å². The zero-order chi connectivity index (χ0) is 59.3. The van der Waals surface area contributed by atoms with Crippen molar-refractivity contribution in [3.8, 4) is 0 Å². The molecule has 1 amide bonds. The summed E-state index contributed by atoms with van der Waals surface area (Å²) in [5, 5.41) is 3.05. The largest absolute Gasteiger partial charge is 0.472 e. The van der Waals surface area contributed by atoms with E-state index in [9.17, 15) is 19.0 Å². The van der Waals surface area contributed by atoms with Crippen LogP contribution in [-0.4, -0.2) is 74.3 Å². The smallest absolute Gasteiger partial charge is 0.456 e. The number of carbonyl (C=O) groups excluding carboxylic acids is 2. The predicted octanol–water partition coefficient (Wildman–Crippen LogP) is 20.7. The second-order valence-corrected chi connectivity index (χ2v) is 24.4. The molecule has 0 saturated heterocycles. The molecule has 0 aromatic carbocycles. The number of unbranched alkanes of at least 4 members (excludes halogenated alkanes) is 24. The molecule has 0 bridgehead atoms. The second-order valence-electron chi connectivity index (χ2n) is 22.9. The van der Waals surface area contributed by atoms with Crippen LogP contribution in [0.5, 0.6) is 0 Å². The summed E-state index contributed by atoms with van der Waals surface area (Å²) in [5.74, 6) is -0.560. The Bertz CT molecular complexity index is 1800. The summed E-state index contributed by atoms with van der Waals surface area (Å²) >= 11 is 0. The van der Waals surface area contributed by atoms with Crippen molar-refractivity contribution < 1.29 is 37.3 Å². The van der Waals surface area contributed by atoms with Gasteiger partial charge in [-0.25, -0.2) is 4.57 Å². The number of amides is 1. The Morgan fingerprint density at radius 1 is 0.444 bits per heavy atom. The Kier molecular flexibility index (Phi) is 56.9. The van der Waals surface area contributed by atoms with Crippen molar-refractivity contribution in [1.82, 2.24) is 5.32 Å². The van der Waals surface area contributed by atoms with E-state index in [0.717, 1.165) is 122 Å². The molecule has 464 valence electrons. The monoisotopic (exact) mass is 1150 g/mol. The highest BCUT2D eigenvalue weighted by molar-refractivity contribution is 7.47. The topological polar surface area (TPSA) is 111 Å². The summed E-state index contributed by atoms with van der Waals surface area (Å²) in [5.41, 5.74) is 0. The van der Waals surface area contributed by atoms with Gasteiger partial charge in [-0.15, -0.1) is 0 Å². The number of phosphoric acid groups is 1. The van der Waals surface area contributed by atoms with Crippen LogP contribution in [-0.2, 0) is 27.9 Å². The molecular weight excluding hydrogens is 1020 g/mol. The van der Waals surface area contributed by atoms with Crippen molar-refractivity contribution in [2.24, 2.45) is 0 Å². The Morgan fingerprint density at radius 3 is 1.22 bits per heavy atom. The van der Waals surface area contributed by atoms with Gasteiger partial charge in [0.05, 0.1) is 33.8 Å². The number of ether oxygens (including phenoxy) is 1. The van der Waals surface area contributed by atoms with E-state index in [1.165, 1.54) is 103 Å². The average Bonchev–Trinajstić information content (AvgIpc) is 3.44. The molecule has 0 saturated carbocycles. The Morgan fingerprint density at radius 2 is 0.790 bits per heavy atom. The van der Waals surface area contributed by atoms with Crippen LogP contribution >= 0.6 is 7.82 Å². The summed E-state index contributed by atoms with van der Waals surface area (Å²) in [6.07, 6.45) is 83.4. The minimum absolute atomic E-state index is 0.0258. The van der Waals surface area contributed by atoms with Gasteiger partial charge < -0.3 is 19.4 Å². The number of quaternary nitrogens is 1. The van der Waals surface area contributed by atoms with Gasteiger partial charge in [0.2, 0.25) is 5.91 Å². The second kappa shape index (κ2) is 59.6. The third-order valence-electron chi connectivity index (χ3n) is 13.9. The number of likely N-dealkylation sites (N-methyl/N-ethyl adjacent to an activating group) is 1. The van der Waals surface area contributed by atoms with Crippen molar-refractivity contribution in [1.29, 1.82) is 0 Å². The first-order chi connectivity index (χ1) is 39.4. The number of carbonyl (C=O) groups is 2. The highest BCUT2D eigenvalue weighted by Gasteiger charge is 2.30. The molecule has 3 atom stereocenters. The van der Waals surface area contributed by atoms with Crippen molar-refractivity contribution in [3.05, 3.63) is 122 Å². The molecule has 0 fully saturated rings. The standard InChI is InChI=1S/C71H123N2O7P/c1-7-10-13-16-19-22-25-28-30-32-34-35-36-37-39-40-42-45-48-51-54-57-60-63-70(74)72-68(67-79-81(76,77)78-66-65-73(4,5)6)69(62-59-56-53-50-47-44-27-24-21-18-15-12-9-3)80-71(75)64-61-58-55-52-49-46-43-41-38-33-31-29-26-23-20-17-14-11-8-2/h11,14,19-20,22-23,28-31,34-35,37-39,41,46,49,59,62,68-69H,7-10,12-13,15-18,21,24-27,32-33,36,40,42-45,47-48,50-58,60-61,63-67H2,1-6H3,(H-,72,74,76,77)/p+1/b14-11-,22-19-,23-20-,30-28-,31-29-,35-34-,39-37-,41-38-,49-46-,62-59-. The maximum atomic E-state index is 13.6. The number of rotatable bonds is 58. The molecule has 2 N–H and O–H groups in total. The van der Waals surface area contributed by atoms with E-state index < -0.39 is 20.0 Å². The number of hydrogen-bond acceptors (Lipinski definition) is 6. The molecule has 10 heteroatoms. The molecule has 0 aliphatic carbocycles. The van der Waals surface area contributed by atoms with E-state index in [-0.39, 0.29) is 31.5 Å². The van der Waals surface area contributed by atoms with Gasteiger partial charge in [-0.1, -0.05) is 252 Å². The molecule has 0 aromatic rings. The fraction of sp³-hybridized carbons (Fsp3) is 0.690. The van der Waals surface area contributed by atoms with Gasteiger partial charge in [0.1, 0.15) is 19.3 Å². The van der Waals surface area contributed by atoms with Crippen LogP contribution < -0.4 is 5.32 Å². The van der Waals surface area contributed by atoms with E-state index in [2.05, 4.69) is 135 Å². The highest BCUT2D eigenvalue weighted by atomic mass is 31.2. The average molecular weight is 1150 g/mol. The fourth-order valence-corrected chi connectivity index (χ4v) is 9.57. The van der Waals surface area contributed by atoms with Crippen LogP contribution in [0.15, 0.2) is 122 Å².